The lowest BCUT2D eigenvalue weighted by Crippen LogP contribution is -2.40. The molecule has 3 fully saturated rings. The van der Waals surface area contributed by atoms with Gasteiger partial charge in [-0.05, 0) is 46.9 Å². The second kappa shape index (κ2) is 4.70. The molecular weight excluding hydrogens is 326 g/mol. The van der Waals surface area contributed by atoms with Gasteiger partial charge in [0.15, 0.2) is 0 Å². The monoisotopic (exact) mass is 343 g/mol. The van der Waals surface area contributed by atoms with Crippen LogP contribution in [0.1, 0.15) is 16.8 Å². The first-order chi connectivity index (χ1) is 12.7. The first kappa shape index (κ1) is 14.4. The summed E-state index contributed by atoms with van der Waals surface area (Å²) < 4.78 is 0. The summed E-state index contributed by atoms with van der Waals surface area (Å²) in [6.07, 6.45) is 5.36. The lowest BCUT2D eigenvalue weighted by Gasteiger charge is -2.37. The number of fused-ring (bicyclic) bond motifs is 1. The number of benzene rings is 2. The van der Waals surface area contributed by atoms with Crippen LogP contribution in [0.25, 0.3) is 10.8 Å². The summed E-state index contributed by atoms with van der Waals surface area (Å²) in [4.78, 5) is 40.4. The lowest BCUT2D eigenvalue weighted by molar-refractivity contribution is -0.136. The van der Waals surface area contributed by atoms with Crippen LogP contribution in [0.4, 0.5) is 0 Å². The Morgan fingerprint density at radius 1 is 0.846 bits per heavy atom. The van der Waals surface area contributed by atoms with Crippen LogP contribution in [0.2, 0.25) is 0 Å². The molecule has 2 aromatic carbocycles. The third-order valence-electron chi connectivity index (χ3n) is 6.89. The fourth-order valence-corrected chi connectivity index (χ4v) is 5.69. The zero-order valence-electron chi connectivity index (χ0n) is 14.0. The molecule has 7 rings (SSSR count). The van der Waals surface area contributed by atoms with Crippen molar-refractivity contribution >= 4 is 28.5 Å². The van der Waals surface area contributed by atoms with Gasteiger partial charge in [-0.2, -0.15) is 0 Å². The minimum Gasteiger partial charge on any atom is -0.274 e. The van der Waals surface area contributed by atoms with Crippen molar-refractivity contribution in [3.8, 4) is 0 Å². The van der Waals surface area contributed by atoms with Gasteiger partial charge in [0.1, 0.15) is 0 Å². The summed E-state index contributed by atoms with van der Waals surface area (Å²) in [5, 5.41) is 1.71. The molecule has 2 bridgehead atoms. The summed E-state index contributed by atoms with van der Waals surface area (Å²) in [6, 6.07) is 13.0. The fourth-order valence-electron chi connectivity index (χ4n) is 5.69. The van der Waals surface area contributed by atoms with Crippen LogP contribution in [0.15, 0.2) is 54.6 Å². The van der Waals surface area contributed by atoms with Gasteiger partial charge in [-0.1, -0.05) is 48.6 Å². The minimum atomic E-state index is -0.473. The van der Waals surface area contributed by atoms with E-state index in [0.29, 0.717) is 17.4 Å². The van der Waals surface area contributed by atoms with Crippen LogP contribution in [0.5, 0.6) is 0 Å². The molecule has 2 saturated carbocycles. The molecule has 1 saturated heterocycles. The minimum absolute atomic E-state index is 0.136. The molecule has 6 atom stereocenters. The van der Waals surface area contributed by atoms with E-state index in [0.717, 1.165) is 22.1 Å². The highest BCUT2D eigenvalue weighted by atomic mass is 16.2. The van der Waals surface area contributed by atoms with E-state index in [-0.39, 0.29) is 35.5 Å². The third-order valence-corrected chi connectivity index (χ3v) is 6.89. The van der Waals surface area contributed by atoms with E-state index >= 15 is 0 Å². The van der Waals surface area contributed by atoms with E-state index in [9.17, 15) is 14.4 Å². The maximum Gasteiger partial charge on any atom is 0.267 e. The first-order valence-corrected chi connectivity index (χ1v) is 9.25. The van der Waals surface area contributed by atoms with E-state index in [4.69, 9.17) is 0 Å². The number of likely N-dealkylation sites (tertiary alicyclic amines) is 1. The summed E-state index contributed by atoms with van der Waals surface area (Å²) in [5.41, 5.74) is 0.425. The number of hydrogen-bond acceptors (Lipinski definition) is 3. The number of carbonyl (C=O) groups is 3. The number of nitrogens with zero attached hydrogens (tertiary/aromatic N) is 1. The van der Waals surface area contributed by atoms with Gasteiger partial charge in [0.2, 0.25) is 11.8 Å². The van der Waals surface area contributed by atoms with Crippen molar-refractivity contribution < 1.29 is 14.4 Å². The molecule has 0 unspecified atom stereocenters. The average Bonchev–Trinajstić information content (AvgIpc) is 3.45. The topological polar surface area (TPSA) is 54.5 Å². The molecule has 1 aliphatic heterocycles. The van der Waals surface area contributed by atoms with E-state index in [1.54, 1.807) is 12.1 Å². The molecule has 4 nitrogen and oxygen atoms in total. The van der Waals surface area contributed by atoms with Gasteiger partial charge in [-0.15, -0.1) is 0 Å². The van der Waals surface area contributed by atoms with E-state index in [2.05, 4.69) is 12.2 Å². The third kappa shape index (κ3) is 1.62. The number of hydrogen-bond donors (Lipinski definition) is 0. The van der Waals surface area contributed by atoms with Crippen molar-refractivity contribution in [2.24, 2.45) is 35.5 Å². The SMILES string of the molecule is O=C(c1cccc2ccccc12)N1C(=O)[C@@H]2[C@H]3C=C[C@@H]([C@@H]4C[C@@H]34)[C@H]2C1=O. The molecule has 0 N–H and O–H groups in total. The smallest absolute Gasteiger partial charge is 0.267 e. The molecule has 2 aromatic rings. The van der Waals surface area contributed by atoms with Crippen molar-refractivity contribution in [3.05, 3.63) is 60.2 Å². The van der Waals surface area contributed by atoms with E-state index < -0.39 is 5.91 Å². The van der Waals surface area contributed by atoms with Gasteiger partial charge in [0.25, 0.3) is 5.91 Å². The van der Waals surface area contributed by atoms with Gasteiger partial charge >= 0.3 is 0 Å². The first-order valence-electron chi connectivity index (χ1n) is 9.25. The predicted octanol–water partition coefficient (Wildman–Crippen LogP) is 3.03. The fraction of sp³-hybridized carbons (Fsp3) is 0.318. The number of imide groups is 3. The number of allylic oxidation sites excluding steroid dienone is 2. The summed E-state index contributed by atoms with van der Waals surface area (Å²) in [5.74, 6) is -0.371. The van der Waals surface area contributed by atoms with Gasteiger partial charge in [0, 0.05) is 5.56 Å². The van der Waals surface area contributed by atoms with Crippen LogP contribution in [-0.4, -0.2) is 22.6 Å². The standard InChI is InChI=1S/C22H17NO3/c24-20(15-7-3-5-11-4-1-2-6-12(11)15)23-21(25)18-13-8-9-14(17-10-16(13)17)19(18)22(23)26/h1-9,13-14,16-19H,10H2/t13-,14-,16-,17-,18+,19+/m0/s1. The Balaban J connectivity index is 1.44. The number of rotatable bonds is 1. The molecule has 0 aromatic heterocycles. The van der Waals surface area contributed by atoms with Crippen LogP contribution in [0.3, 0.4) is 0 Å². The molecular formula is C22H17NO3. The Kier molecular flexibility index (Phi) is 2.61. The predicted molar refractivity (Wildman–Crippen MR) is 94.8 cm³/mol. The van der Waals surface area contributed by atoms with Crippen molar-refractivity contribution in [1.29, 1.82) is 0 Å². The Morgan fingerprint density at radius 3 is 2.15 bits per heavy atom. The summed E-state index contributed by atoms with van der Waals surface area (Å²) in [7, 11) is 0. The zero-order chi connectivity index (χ0) is 17.6. The van der Waals surface area contributed by atoms with Crippen LogP contribution in [0, 0.1) is 35.5 Å². The van der Waals surface area contributed by atoms with E-state index in [1.165, 1.54) is 0 Å². The number of amides is 3. The molecule has 128 valence electrons. The highest BCUT2D eigenvalue weighted by molar-refractivity contribution is 6.24. The van der Waals surface area contributed by atoms with Gasteiger partial charge in [-0.3, -0.25) is 14.4 Å². The van der Waals surface area contributed by atoms with Crippen molar-refractivity contribution in [3.63, 3.8) is 0 Å². The molecule has 4 heteroatoms. The molecule has 0 radical (unpaired) electrons. The van der Waals surface area contributed by atoms with Gasteiger partial charge in [-0.25, -0.2) is 4.90 Å². The second-order valence-corrected chi connectivity index (χ2v) is 8.00. The Bertz CT molecular complexity index is 997. The maximum absolute atomic E-state index is 13.2. The lowest BCUT2D eigenvalue weighted by atomic mass is 9.63. The Hall–Kier alpha value is -2.75. The van der Waals surface area contributed by atoms with Crippen molar-refractivity contribution in [2.75, 3.05) is 0 Å². The maximum atomic E-state index is 13.2. The highest BCUT2D eigenvalue weighted by Crippen LogP contribution is 2.65. The molecule has 4 aliphatic carbocycles. The van der Waals surface area contributed by atoms with Gasteiger partial charge in [0.05, 0.1) is 11.8 Å². The molecule has 0 spiro atoms. The Labute approximate surface area is 150 Å². The number of carbonyl (C=O) groups excluding carboxylic acids is 3. The van der Waals surface area contributed by atoms with Crippen LogP contribution >= 0.6 is 0 Å². The molecule has 3 amide bonds. The van der Waals surface area contributed by atoms with Crippen LogP contribution < -0.4 is 0 Å². The highest BCUT2D eigenvalue weighted by Gasteiger charge is 2.67. The second-order valence-electron chi connectivity index (χ2n) is 8.00. The summed E-state index contributed by atoms with van der Waals surface area (Å²) >= 11 is 0. The van der Waals surface area contributed by atoms with Gasteiger partial charge < -0.3 is 0 Å². The average molecular weight is 343 g/mol. The normalized spacial score (nSPS) is 36.4. The quantitative estimate of drug-likeness (QED) is 0.591. The Morgan fingerprint density at radius 2 is 1.46 bits per heavy atom. The largest absolute Gasteiger partial charge is 0.274 e. The zero-order valence-corrected chi connectivity index (χ0v) is 14.0. The molecule has 1 heterocycles. The van der Waals surface area contributed by atoms with Crippen molar-refractivity contribution in [2.45, 2.75) is 6.42 Å². The van der Waals surface area contributed by atoms with E-state index in [1.807, 2.05) is 30.3 Å². The van der Waals surface area contributed by atoms with Crippen molar-refractivity contribution in [1.82, 2.24) is 4.90 Å². The summed E-state index contributed by atoms with van der Waals surface area (Å²) in [6.45, 7) is 0. The molecule has 26 heavy (non-hydrogen) atoms. The molecule has 5 aliphatic rings. The van der Waals surface area contributed by atoms with Crippen LogP contribution in [-0.2, 0) is 9.59 Å².